The van der Waals surface area contributed by atoms with E-state index < -0.39 is 5.91 Å². The largest absolute Gasteiger partial charge is 0.507 e. The van der Waals surface area contributed by atoms with Gasteiger partial charge in [-0.1, -0.05) is 11.6 Å². The highest BCUT2D eigenvalue weighted by atomic mass is 35.5. The third-order valence-electron chi connectivity index (χ3n) is 5.84. The molecule has 2 aromatic carbocycles. The van der Waals surface area contributed by atoms with Crippen LogP contribution in [-0.2, 0) is 9.53 Å². The summed E-state index contributed by atoms with van der Waals surface area (Å²) in [6.07, 6.45) is 3.91. The number of aromatic hydroxyl groups is 1. The Morgan fingerprint density at radius 2 is 1.76 bits per heavy atom. The lowest BCUT2D eigenvalue weighted by atomic mass is 9.87. The van der Waals surface area contributed by atoms with Crippen LogP contribution < -0.4 is 10.1 Å². The van der Waals surface area contributed by atoms with E-state index in [1.807, 2.05) is 6.92 Å². The lowest BCUT2D eigenvalue weighted by Gasteiger charge is -2.27. The Bertz CT molecular complexity index is 999. The standard InChI is InChI=1S/C26H30ClNO6/c1-2-33-26(32)18-7-12-21(13-8-18)34-20-10-5-17(6-11-20)23(29)4-3-15-28-25(31)22-14-9-19(27)16-24(22)30/h5-6,9-11,14,16,18,21,30H,2-4,7-8,12-13,15H2,1H3,(H,28,31). The second kappa shape index (κ2) is 12.4. The van der Waals surface area contributed by atoms with Crippen LogP contribution in [0.25, 0.3) is 0 Å². The maximum atomic E-state index is 12.5. The molecule has 0 spiro atoms. The van der Waals surface area contributed by atoms with Crippen LogP contribution in [0.4, 0.5) is 0 Å². The van der Waals surface area contributed by atoms with E-state index in [4.69, 9.17) is 21.1 Å². The van der Waals surface area contributed by atoms with E-state index in [0.29, 0.717) is 35.9 Å². The average Bonchev–Trinajstić information content (AvgIpc) is 2.82. The summed E-state index contributed by atoms with van der Waals surface area (Å²) in [7, 11) is 0. The van der Waals surface area contributed by atoms with Crippen LogP contribution >= 0.6 is 11.6 Å². The molecule has 0 saturated heterocycles. The monoisotopic (exact) mass is 487 g/mol. The number of halogens is 1. The molecule has 0 aromatic heterocycles. The normalized spacial score (nSPS) is 17.6. The molecule has 0 atom stereocenters. The fourth-order valence-corrected chi connectivity index (χ4v) is 4.14. The molecule has 0 radical (unpaired) electrons. The zero-order chi connectivity index (χ0) is 24.5. The lowest BCUT2D eigenvalue weighted by molar-refractivity contribution is -0.149. The number of phenols is 1. The highest BCUT2D eigenvalue weighted by Gasteiger charge is 2.28. The van der Waals surface area contributed by atoms with Gasteiger partial charge in [0, 0.05) is 23.6 Å². The molecule has 0 unspecified atom stereocenters. The molecule has 182 valence electrons. The lowest BCUT2D eigenvalue weighted by Crippen LogP contribution is -2.29. The molecule has 34 heavy (non-hydrogen) atoms. The second-order valence-electron chi connectivity index (χ2n) is 8.31. The minimum atomic E-state index is -0.417. The van der Waals surface area contributed by atoms with E-state index in [2.05, 4.69) is 5.32 Å². The maximum Gasteiger partial charge on any atom is 0.308 e. The zero-order valence-corrected chi connectivity index (χ0v) is 20.0. The van der Waals surface area contributed by atoms with Gasteiger partial charge in [-0.3, -0.25) is 14.4 Å². The molecule has 0 aliphatic heterocycles. The summed E-state index contributed by atoms with van der Waals surface area (Å²) in [5, 5.41) is 12.8. The van der Waals surface area contributed by atoms with Crippen molar-refractivity contribution in [3.63, 3.8) is 0 Å². The van der Waals surface area contributed by atoms with Gasteiger partial charge in [-0.25, -0.2) is 0 Å². The van der Waals surface area contributed by atoms with E-state index in [9.17, 15) is 19.5 Å². The van der Waals surface area contributed by atoms with Crippen molar-refractivity contribution in [3.8, 4) is 11.5 Å². The van der Waals surface area contributed by atoms with E-state index >= 15 is 0 Å². The second-order valence-corrected chi connectivity index (χ2v) is 8.75. The topological polar surface area (TPSA) is 102 Å². The van der Waals surface area contributed by atoms with Gasteiger partial charge >= 0.3 is 5.97 Å². The van der Waals surface area contributed by atoms with Gasteiger partial charge in [0.2, 0.25) is 0 Å². The van der Waals surface area contributed by atoms with Crippen LogP contribution in [0.2, 0.25) is 5.02 Å². The van der Waals surface area contributed by atoms with Gasteiger partial charge in [0.15, 0.2) is 5.78 Å². The predicted octanol–water partition coefficient (Wildman–Crippen LogP) is 4.94. The summed E-state index contributed by atoms with van der Waals surface area (Å²) in [5.74, 6) is -0.0842. The van der Waals surface area contributed by atoms with Gasteiger partial charge in [0.1, 0.15) is 11.5 Å². The van der Waals surface area contributed by atoms with Crippen molar-refractivity contribution in [2.75, 3.05) is 13.2 Å². The number of hydrogen-bond acceptors (Lipinski definition) is 6. The number of nitrogens with one attached hydrogen (secondary N) is 1. The number of carbonyl (C=O) groups is 3. The summed E-state index contributed by atoms with van der Waals surface area (Å²) in [6, 6.07) is 11.3. The maximum absolute atomic E-state index is 12.5. The van der Waals surface area contributed by atoms with Gasteiger partial charge in [-0.05, 0) is 81.5 Å². The molecule has 0 heterocycles. The summed E-state index contributed by atoms with van der Waals surface area (Å²) >= 11 is 5.77. The zero-order valence-electron chi connectivity index (χ0n) is 19.2. The van der Waals surface area contributed by atoms with Crippen LogP contribution in [0.3, 0.4) is 0 Å². The molecular formula is C26H30ClNO6. The third-order valence-corrected chi connectivity index (χ3v) is 6.08. The molecule has 2 N–H and O–H groups in total. The van der Waals surface area contributed by atoms with Gasteiger partial charge in [-0.2, -0.15) is 0 Å². The molecule has 1 saturated carbocycles. The van der Waals surface area contributed by atoms with Crippen LogP contribution in [0.1, 0.15) is 66.2 Å². The molecule has 3 rings (SSSR count). The summed E-state index contributed by atoms with van der Waals surface area (Å²) in [4.78, 5) is 36.4. The number of hydrogen-bond donors (Lipinski definition) is 2. The minimum absolute atomic E-state index is 0.0231. The molecular weight excluding hydrogens is 458 g/mol. The van der Waals surface area contributed by atoms with E-state index in [1.54, 1.807) is 24.3 Å². The van der Waals surface area contributed by atoms with Crippen LogP contribution in [0, 0.1) is 5.92 Å². The molecule has 8 heteroatoms. The Labute approximate surface area is 204 Å². The van der Waals surface area contributed by atoms with Crippen molar-refractivity contribution in [1.29, 1.82) is 0 Å². The average molecular weight is 488 g/mol. The first-order valence-corrected chi connectivity index (χ1v) is 12.0. The van der Waals surface area contributed by atoms with E-state index in [1.165, 1.54) is 18.2 Å². The number of carbonyl (C=O) groups excluding carboxylic acids is 3. The predicted molar refractivity (Wildman–Crippen MR) is 128 cm³/mol. The number of Topliss-reactive ketones (excluding diaryl/α,β-unsaturated/α-hetero) is 1. The molecule has 2 aromatic rings. The van der Waals surface area contributed by atoms with Crippen LogP contribution in [0.15, 0.2) is 42.5 Å². The number of ketones is 1. The van der Waals surface area contributed by atoms with Crippen molar-refractivity contribution < 1.29 is 29.0 Å². The number of phenolic OH excluding ortho intramolecular Hbond substituents is 1. The number of ether oxygens (including phenoxy) is 2. The summed E-state index contributed by atoms with van der Waals surface area (Å²) < 4.78 is 11.1. The van der Waals surface area contributed by atoms with Crippen LogP contribution in [-0.4, -0.2) is 42.0 Å². The first kappa shape index (κ1) is 25.6. The van der Waals surface area contributed by atoms with E-state index in [-0.39, 0.29) is 41.5 Å². The van der Waals surface area contributed by atoms with Crippen molar-refractivity contribution >= 4 is 29.3 Å². The molecule has 0 bridgehead atoms. The van der Waals surface area contributed by atoms with Crippen molar-refractivity contribution in [3.05, 3.63) is 58.6 Å². The summed E-state index contributed by atoms with van der Waals surface area (Å²) in [6.45, 7) is 2.53. The fraction of sp³-hybridized carbons (Fsp3) is 0.423. The highest BCUT2D eigenvalue weighted by molar-refractivity contribution is 6.30. The van der Waals surface area contributed by atoms with Gasteiger partial charge < -0.3 is 19.9 Å². The highest BCUT2D eigenvalue weighted by Crippen LogP contribution is 2.29. The number of benzene rings is 2. The quantitative estimate of drug-likeness (QED) is 0.279. The molecule has 7 nitrogen and oxygen atoms in total. The van der Waals surface area contributed by atoms with Gasteiger partial charge in [-0.15, -0.1) is 0 Å². The molecule has 1 amide bonds. The van der Waals surface area contributed by atoms with Gasteiger partial charge in [0.05, 0.1) is 24.2 Å². The number of amides is 1. The molecule has 1 aliphatic carbocycles. The minimum Gasteiger partial charge on any atom is -0.507 e. The smallest absolute Gasteiger partial charge is 0.308 e. The number of esters is 1. The van der Waals surface area contributed by atoms with Crippen molar-refractivity contribution in [2.45, 2.75) is 51.6 Å². The Balaban J connectivity index is 1.38. The first-order chi connectivity index (χ1) is 16.4. The van der Waals surface area contributed by atoms with E-state index in [0.717, 1.165) is 25.7 Å². The Morgan fingerprint density at radius 3 is 2.41 bits per heavy atom. The SMILES string of the molecule is CCOC(=O)C1CCC(Oc2ccc(C(=O)CCCNC(=O)c3ccc(Cl)cc3O)cc2)CC1. The van der Waals surface area contributed by atoms with Crippen molar-refractivity contribution in [1.82, 2.24) is 5.32 Å². The van der Waals surface area contributed by atoms with Gasteiger partial charge in [0.25, 0.3) is 5.91 Å². The molecule has 1 fully saturated rings. The Morgan fingerprint density at radius 1 is 1.06 bits per heavy atom. The molecule has 1 aliphatic rings. The first-order valence-electron chi connectivity index (χ1n) is 11.6. The Kier molecular flexibility index (Phi) is 9.33. The fourth-order valence-electron chi connectivity index (χ4n) is 3.98. The number of rotatable bonds is 10. The van der Waals surface area contributed by atoms with Crippen LogP contribution in [0.5, 0.6) is 11.5 Å². The van der Waals surface area contributed by atoms with Crippen molar-refractivity contribution in [2.24, 2.45) is 5.92 Å². The summed E-state index contributed by atoms with van der Waals surface area (Å²) in [5.41, 5.74) is 0.723. The third kappa shape index (κ3) is 7.22. The Hall–Kier alpha value is -3.06.